The Morgan fingerprint density at radius 3 is 2.76 bits per heavy atom. The van der Waals surface area contributed by atoms with Gasteiger partial charge in [-0.25, -0.2) is 4.39 Å². The summed E-state index contributed by atoms with van der Waals surface area (Å²) in [6, 6.07) is 11.4. The quantitative estimate of drug-likeness (QED) is 0.925. The van der Waals surface area contributed by atoms with Crippen molar-refractivity contribution in [2.45, 2.75) is 32.9 Å². The van der Waals surface area contributed by atoms with Crippen molar-refractivity contribution in [3.63, 3.8) is 0 Å². The molecule has 1 heterocycles. The Bertz CT molecular complexity index is 822. The number of carbonyl (C=O) groups is 2. The van der Waals surface area contributed by atoms with Crippen LogP contribution in [0.4, 0.5) is 15.8 Å². The summed E-state index contributed by atoms with van der Waals surface area (Å²) >= 11 is 0. The lowest BCUT2D eigenvalue weighted by atomic mass is 10.1. The minimum absolute atomic E-state index is 0.0946. The molecular weight excluding hydrogens is 323 g/mol. The third-order valence-electron chi connectivity index (χ3n) is 4.06. The molecule has 130 valence electrons. The molecule has 1 N–H and O–H groups in total. The average Bonchev–Trinajstić information content (AvgIpc) is 2.61. The fourth-order valence-corrected chi connectivity index (χ4v) is 2.69. The zero-order valence-corrected chi connectivity index (χ0v) is 14.1. The molecule has 0 saturated heterocycles. The van der Waals surface area contributed by atoms with Gasteiger partial charge in [-0.1, -0.05) is 25.1 Å². The summed E-state index contributed by atoms with van der Waals surface area (Å²) in [6.07, 6.45) is -0.307. The second kappa shape index (κ2) is 6.93. The summed E-state index contributed by atoms with van der Waals surface area (Å²) in [5, 5.41) is 2.76. The minimum atomic E-state index is -0.657. The topological polar surface area (TPSA) is 58.6 Å². The van der Waals surface area contributed by atoms with Gasteiger partial charge in [0, 0.05) is 17.7 Å². The lowest BCUT2D eigenvalue weighted by Gasteiger charge is -2.33. The molecule has 0 aromatic heterocycles. The van der Waals surface area contributed by atoms with Gasteiger partial charge in [-0.2, -0.15) is 0 Å². The molecule has 0 radical (unpaired) electrons. The highest BCUT2D eigenvalue weighted by Gasteiger charge is 2.32. The van der Waals surface area contributed by atoms with Gasteiger partial charge < -0.3 is 15.0 Å². The van der Waals surface area contributed by atoms with Crippen molar-refractivity contribution in [1.82, 2.24) is 0 Å². The number of fused-ring (bicyclic) bond motifs is 1. The van der Waals surface area contributed by atoms with Crippen LogP contribution < -0.4 is 15.0 Å². The molecular formula is C19H19FN2O3. The van der Waals surface area contributed by atoms with Crippen LogP contribution in [-0.2, 0) is 16.1 Å². The van der Waals surface area contributed by atoms with Crippen LogP contribution in [0, 0.1) is 5.82 Å². The fourth-order valence-electron chi connectivity index (χ4n) is 2.69. The van der Waals surface area contributed by atoms with E-state index in [-0.39, 0.29) is 24.2 Å². The third kappa shape index (κ3) is 3.47. The van der Waals surface area contributed by atoms with Crippen LogP contribution in [0.1, 0.15) is 25.8 Å². The van der Waals surface area contributed by atoms with E-state index < -0.39 is 6.10 Å². The lowest BCUT2D eigenvalue weighted by molar-refractivity contribution is -0.125. The highest BCUT2D eigenvalue weighted by atomic mass is 19.1. The van der Waals surface area contributed by atoms with Gasteiger partial charge >= 0.3 is 0 Å². The van der Waals surface area contributed by atoms with E-state index in [9.17, 15) is 14.0 Å². The maximum Gasteiger partial charge on any atom is 0.268 e. The molecule has 0 saturated carbocycles. The molecule has 0 bridgehead atoms. The van der Waals surface area contributed by atoms with Gasteiger partial charge in [0.15, 0.2) is 6.10 Å². The Labute approximate surface area is 145 Å². The number of nitrogens with one attached hydrogen (secondary N) is 1. The van der Waals surface area contributed by atoms with E-state index in [0.29, 0.717) is 29.1 Å². The van der Waals surface area contributed by atoms with Crippen LogP contribution in [0.15, 0.2) is 42.5 Å². The van der Waals surface area contributed by atoms with Crippen LogP contribution >= 0.6 is 0 Å². The average molecular weight is 342 g/mol. The molecule has 5 nitrogen and oxygen atoms in total. The first-order chi connectivity index (χ1) is 12.0. The second-order valence-electron chi connectivity index (χ2n) is 5.86. The molecule has 2 aromatic carbocycles. The molecule has 2 amide bonds. The molecule has 1 unspecified atom stereocenters. The first kappa shape index (κ1) is 17.0. The van der Waals surface area contributed by atoms with Crippen LogP contribution in [0.2, 0.25) is 0 Å². The number of amides is 2. The second-order valence-corrected chi connectivity index (χ2v) is 5.86. The Kier molecular flexibility index (Phi) is 4.70. The maximum absolute atomic E-state index is 14.0. The normalized spacial score (nSPS) is 16.2. The zero-order chi connectivity index (χ0) is 18.0. The number of anilines is 2. The van der Waals surface area contributed by atoms with E-state index in [1.54, 1.807) is 50.2 Å². The van der Waals surface area contributed by atoms with Crippen LogP contribution in [0.3, 0.4) is 0 Å². The standard InChI is InChI=1S/C19H19FN2O3/c1-3-18(23)21-14-8-9-17-16(10-14)22(19(24)12(2)25-17)11-13-6-4-5-7-15(13)20/h4-10,12H,3,11H2,1-2H3,(H,21,23). The van der Waals surface area contributed by atoms with E-state index in [1.165, 1.54) is 11.0 Å². The van der Waals surface area contributed by atoms with Crippen molar-refractivity contribution in [2.75, 3.05) is 10.2 Å². The summed E-state index contributed by atoms with van der Waals surface area (Å²) in [6.45, 7) is 3.51. The van der Waals surface area contributed by atoms with Crippen molar-refractivity contribution in [2.24, 2.45) is 0 Å². The SMILES string of the molecule is CCC(=O)Nc1ccc2c(c1)N(Cc1ccccc1F)C(=O)C(C)O2. The number of carbonyl (C=O) groups excluding carboxylic acids is 2. The van der Waals surface area contributed by atoms with Crippen LogP contribution in [-0.4, -0.2) is 17.9 Å². The smallest absolute Gasteiger partial charge is 0.268 e. The first-order valence-electron chi connectivity index (χ1n) is 8.15. The zero-order valence-electron chi connectivity index (χ0n) is 14.1. The number of ether oxygens (including phenoxy) is 1. The molecule has 25 heavy (non-hydrogen) atoms. The Balaban J connectivity index is 1.98. The molecule has 1 atom stereocenters. The monoisotopic (exact) mass is 342 g/mol. The van der Waals surface area contributed by atoms with Crippen molar-refractivity contribution in [1.29, 1.82) is 0 Å². The highest BCUT2D eigenvalue weighted by Crippen LogP contribution is 2.37. The van der Waals surface area contributed by atoms with E-state index in [0.717, 1.165) is 0 Å². The summed E-state index contributed by atoms with van der Waals surface area (Å²) < 4.78 is 19.6. The van der Waals surface area contributed by atoms with E-state index in [4.69, 9.17) is 4.74 Å². The molecule has 0 fully saturated rings. The number of benzene rings is 2. The molecule has 0 aliphatic carbocycles. The summed E-state index contributed by atoms with van der Waals surface area (Å²) in [5.74, 6) is -0.226. The fraction of sp³-hybridized carbons (Fsp3) is 0.263. The van der Waals surface area contributed by atoms with Crippen LogP contribution in [0.25, 0.3) is 0 Å². The predicted octanol–water partition coefficient (Wildman–Crippen LogP) is 3.49. The van der Waals surface area contributed by atoms with Gasteiger partial charge in [-0.05, 0) is 31.2 Å². The summed E-state index contributed by atoms with van der Waals surface area (Å²) in [7, 11) is 0. The molecule has 6 heteroatoms. The first-order valence-corrected chi connectivity index (χ1v) is 8.15. The highest BCUT2D eigenvalue weighted by molar-refractivity contribution is 6.01. The van der Waals surface area contributed by atoms with Gasteiger partial charge in [0.2, 0.25) is 5.91 Å². The van der Waals surface area contributed by atoms with Gasteiger partial charge in [0.05, 0.1) is 12.2 Å². The van der Waals surface area contributed by atoms with E-state index in [2.05, 4.69) is 5.32 Å². The molecule has 1 aliphatic heterocycles. The minimum Gasteiger partial charge on any atom is -0.479 e. The Hall–Kier alpha value is -2.89. The summed E-state index contributed by atoms with van der Waals surface area (Å²) in [5.41, 5.74) is 1.49. The van der Waals surface area contributed by atoms with Gasteiger partial charge in [0.1, 0.15) is 11.6 Å². The van der Waals surface area contributed by atoms with Crippen molar-refractivity contribution in [3.05, 3.63) is 53.8 Å². The Morgan fingerprint density at radius 2 is 2.04 bits per heavy atom. The van der Waals surface area contributed by atoms with Crippen molar-refractivity contribution >= 4 is 23.2 Å². The van der Waals surface area contributed by atoms with Crippen LogP contribution in [0.5, 0.6) is 5.75 Å². The number of halogens is 1. The third-order valence-corrected chi connectivity index (χ3v) is 4.06. The predicted molar refractivity (Wildman–Crippen MR) is 93.0 cm³/mol. The molecule has 1 aliphatic rings. The largest absolute Gasteiger partial charge is 0.479 e. The van der Waals surface area contributed by atoms with Gasteiger partial charge in [0.25, 0.3) is 5.91 Å². The van der Waals surface area contributed by atoms with Crippen molar-refractivity contribution < 1.29 is 18.7 Å². The molecule has 0 spiro atoms. The molecule has 3 rings (SSSR count). The van der Waals surface area contributed by atoms with E-state index >= 15 is 0 Å². The van der Waals surface area contributed by atoms with E-state index in [1.807, 2.05) is 0 Å². The van der Waals surface area contributed by atoms with Crippen molar-refractivity contribution in [3.8, 4) is 5.75 Å². The van der Waals surface area contributed by atoms with Gasteiger partial charge in [-0.15, -0.1) is 0 Å². The number of nitrogens with zero attached hydrogens (tertiary/aromatic N) is 1. The maximum atomic E-state index is 14.0. The number of hydrogen-bond acceptors (Lipinski definition) is 3. The Morgan fingerprint density at radius 1 is 1.28 bits per heavy atom. The lowest BCUT2D eigenvalue weighted by Crippen LogP contribution is -2.44. The molecule has 2 aromatic rings. The van der Waals surface area contributed by atoms with Gasteiger partial charge in [-0.3, -0.25) is 9.59 Å². The summed E-state index contributed by atoms with van der Waals surface area (Å²) in [4.78, 5) is 25.7. The number of rotatable bonds is 4. The number of hydrogen-bond donors (Lipinski definition) is 1.